The standard InChI is InChI=1S/C22H27N7O2/c1-14-11-15(2)29-18(24-14)12-17(26-29)20(30)28-8-6-22(7-9-28)19-16(5-10-31-22)13-23-21(25-19)27(3)4/h11-13H,5-10H2,1-4H3. The van der Waals surface area contributed by atoms with Crippen LogP contribution in [0.5, 0.6) is 0 Å². The molecular formula is C22H27N7O2. The summed E-state index contributed by atoms with van der Waals surface area (Å²) in [4.78, 5) is 30.7. The third-order valence-electron chi connectivity index (χ3n) is 6.24. The summed E-state index contributed by atoms with van der Waals surface area (Å²) in [5.41, 5.74) is 4.68. The van der Waals surface area contributed by atoms with Crippen molar-refractivity contribution in [3.05, 3.63) is 46.7 Å². The Hall–Kier alpha value is -3.07. The Labute approximate surface area is 181 Å². The second-order valence-corrected chi connectivity index (χ2v) is 8.66. The van der Waals surface area contributed by atoms with Gasteiger partial charge in [0.15, 0.2) is 11.3 Å². The first-order chi connectivity index (χ1) is 14.9. The van der Waals surface area contributed by atoms with E-state index in [1.54, 1.807) is 10.6 Å². The number of hydrogen-bond donors (Lipinski definition) is 0. The van der Waals surface area contributed by atoms with Gasteiger partial charge in [-0.2, -0.15) is 5.10 Å². The van der Waals surface area contributed by atoms with Crippen LogP contribution in [0.4, 0.5) is 5.95 Å². The van der Waals surface area contributed by atoms with Crippen LogP contribution in [-0.2, 0) is 16.8 Å². The van der Waals surface area contributed by atoms with Crippen molar-refractivity contribution < 1.29 is 9.53 Å². The molecule has 0 aliphatic carbocycles. The number of ether oxygens (including phenoxy) is 1. The molecule has 5 rings (SSSR count). The number of carbonyl (C=O) groups excluding carboxylic acids is 1. The van der Waals surface area contributed by atoms with Gasteiger partial charge in [0.05, 0.1) is 12.3 Å². The summed E-state index contributed by atoms with van der Waals surface area (Å²) in [5.74, 6) is 0.620. The van der Waals surface area contributed by atoms with Gasteiger partial charge in [-0.3, -0.25) is 4.79 Å². The molecular weight excluding hydrogens is 394 g/mol. The number of aromatic nitrogens is 5. The molecule has 1 fully saturated rings. The van der Waals surface area contributed by atoms with Crippen molar-refractivity contribution in [2.45, 2.75) is 38.7 Å². The maximum Gasteiger partial charge on any atom is 0.274 e. The predicted octanol–water partition coefficient (Wildman–Crippen LogP) is 1.91. The van der Waals surface area contributed by atoms with E-state index in [-0.39, 0.29) is 5.91 Å². The summed E-state index contributed by atoms with van der Waals surface area (Å²) in [6.45, 7) is 5.76. The molecule has 5 heterocycles. The van der Waals surface area contributed by atoms with E-state index in [9.17, 15) is 4.79 Å². The normalized spacial score (nSPS) is 17.7. The zero-order chi connectivity index (χ0) is 21.8. The molecule has 0 N–H and O–H groups in total. The number of nitrogens with zero attached hydrogens (tertiary/aromatic N) is 7. The second kappa shape index (κ2) is 7.26. The highest BCUT2D eigenvalue weighted by Gasteiger charge is 2.43. The quantitative estimate of drug-likeness (QED) is 0.624. The van der Waals surface area contributed by atoms with Gasteiger partial charge in [0.2, 0.25) is 5.95 Å². The Morgan fingerprint density at radius 3 is 2.68 bits per heavy atom. The second-order valence-electron chi connectivity index (χ2n) is 8.66. The summed E-state index contributed by atoms with van der Waals surface area (Å²) >= 11 is 0. The first kappa shape index (κ1) is 19.9. The maximum atomic E-state index is 13.2. The number of anilines is 1. The zero-order valence-corrected chi connectivity index (χ0v) is 18.4. The first-order valence-electron chi connectivity index (χ1n) is 10.7. The summed E-state index contributed by atoms with van der Waals surface area (Å²) in [7, 11) is 3.87. The number of fused-ring (bicyclic) bond motifs is 3. The highest BCUT2D eigenvalue weighted by molar-refractivity contribution is 5.93. The van der Waals surface area contributed by atoms with Crippen LogP contribution in [0, 0.1) is 13.8 Å². The molecule has 0 saturated carbocycles. The monoisotopic (exact) mass is 421 g/mol. The lowest BCUT2D eigenvalue weighted by Crippen LogP contribution is -2.49. The summed E-state index contributed by atoms with van der Waals surface area (Å²) < 4.78 is 8.03. The van der Waals surface area contributed by atoms with Crippen molar-refractivity contribution >= 4 is 17.5 Å². The first-order valence-corrected chi connectivity index (χ1v) is 10.7. The van der Waals surface area contributed by atoms with Crippen LogP contribution in [0.15, 0.2) is 18.3 Å². The fraction of sp³-hybridized carbons (Fsp3) is 0.500. The average molecular weight is 422 g/mol. The Kier molecular flexibility index (Phi) is 4.65. The number of carbonyl (C=O) groups is 1. The van der Waals surface area contributed by atoms with Crippen molar-refractivity contribution in [1.29, 1.82) is 0 Å². The highest BCUT2D eigenvalue weighted by atomic mass is 16.5. The molecule has 1 amide bonds. The molecule has 31 heavy (non-hydrogen) atoms. The van der Waals surface area contributed by atoms with Gasteiger partial charge in [-0.15, -0.1) is 0 Å². The molecule has 0 atom stereocenters. The van der Waals surface area contributed by atoms with Crippen LogP contribution in [0.3, 0.4) is 0 Å². The van der Waals surface area contributed by atoms with Crippen molar-refractivity contribution in [3.8, 4) is 0 Å². The summed E-state index contributed by atoms with van der Waals surface area (Å²) in [6, 6.07) is 3.73. The molecule has 1 saturated heterocycles. The number of hydrogen-bond acceptors (Lipinski definition) is 7. The average Bonchev–Trinajstić information content (AvgIpc) is 3.18. The minimum absolute atomic E-state index is 0.0647. The number of piperidine rings is 1. The van der Waals surface area contributed by atoms with Crippen LogP contribution < -0.4 is 4.90 Å². The molecule has 0 unspecified atom stereocenters. The third-order valence-corrected chi connectivity index (χ3v) is 6.24. The lowest BCUT2D eigenvalue weighted by molar-refractivity contribution is -0.0967. The Balaban J connectivity index is 1.38. The molecule has 0 radical (unpaired) electrons. The topological polar surface area (TPSA) is 88.8 Å². The van der Waals surface area contributed by atoms with Gasteiger partial charge in [0.25, 0.3) is 5.91 Å². The molecule has 9 nitrogen and oxygen atoms in total. The van der Waals surface area contributed by atoms with E-state index in [4.69, 9.17) is 9.72 Å². The van der Waals surface area contributed by atoms with Crippen LogP contribution in [-0.4, -0.2) is 69.2 Å². The SMILES string of the molecule is Cc1cc(C)n2nc(C(=O)N3CCC4(CC3)OCCc3cnc(N(C)C)nc34)cc2n1. The van der Waals surface area contributed by atoms with Crippen molar-refractivity contribution in [2.75, 3.05) is 38.7 Å². The molecule has 1 spiro atoms. The van der Waals surface area contributed by atoms with E-state index in [0.29, 0.717) is 49.8 Å². The van der Waals surface area contributed by atoms with Gasteiger partial charge in [-0.25, -0.2) is 19.5 Å². The Bertz CT molecular complexity index is 1160. The minimum atomic E-state index is -0.452. The minimum Gasteiger partial charge on any atom is -0.368 e. The molecule has 0 bridgehead atoms. The van der Waals surface area contributed by atoms with E-state index in [1.807, 2.05) is 50.0 Å². The van der Waals surface area contributed by atoms with Crippen LogP contribution in [0.25, 0.3) is 5.65 Å². The molecule has 3 aromatic rings. The fourth-order valence-corrected chi connectivity index (χ4v) is 4.62. The molecule has 9 heteroatoms. The fourth-order valence-electron chi connectivity index (χ4n) is 4.62. The van der Waals surface area contributed by atoms with Crippen molar-refractivity contribution in [3.63, 3.8) is 0 Å². The van der Waals surface area contributed by atoms with E-state index in [0.717, 1.165) is 29.1 Å². The molecule has 3 aromatic heterocycles. The molecule has 2 aliphatic rings. The lowest BCUT2D eigenvalue weighted by atomic mass is 9.83. The van der Waals surface area contributed by atoms with Crippen LogP contribution in [0.2, 0.25) is 0 Å². The van der Waals surface area contributed by atoms with Gasteiger partial charge in [-0.05, 0) is 44.7 Å². The van der Waals surface area contributed by atoms with E-state index in [2.05, 4.69) is 15.1 Å². The van der Waals surface area contributed by atoms with Gasteiger partial charge < -0.3 is 14.5 Å². The summed E-state index contributed by atoms with van der Waals surface area (Å²) in [5, 5.41) is 4.51. The maximum absolute atomic E-state index is 13.2. The number of likely N-dealkylation sites (tertiary alicyclic amines) is 1. The number of amides is 1. The van der Waals surface area contributed by atoms with Gasteiger partial charge >= 0.3 is 0 Å². The predicted molar refractivity (Wildman–Crippen MR) is 115 cm³/mol. The van der Waals surface area contributed by atoms with E-state index in [1.165, 1.54) is 0 Å². The van der Waals surface area contributed by atoms with E-state index >= 15 is 0 Å². The smallest absolute Gasteiger partial charge is 0.274 e. The molecule has 162 valence electrons. The Morgan fingerprint density at radius 1 is 1.16 bits per heavy atom. The summed E-state index contributed by atoms with van der Waals surface area (Å²) in [6.07, 6.45) is 4.16. The van der Waals surface area contributed by atoms with Crippen LogP contribution in [0.1, 0.15) is 46.0 Å². The third kappa shape index (κ3) is 3.33. The Morgan fingerprint density at radius 2 is 1.94 bits per heavy atom. The largest absolute Gasteiger partial charge is 0.368 e. The zero-order valence-electron chi connectivity index (χ0n) is 18.4. The lowest BCUT2D eigenvalue weighted by Gasteiger charge is -2.44. The van der Waals surface area contributed by atoms with Gasteiger partial charge in [0, 0.05) is 50.8 Å². The van der Waals surface area contributed by atoms with Crippen molar-refractivity contribution in [1.82, 2.24) is 29.5 Å². The molecule has 0 aromatic carbocycles. The van der Waals surface area contributed by atoms with Crippen molar-refractivity contribution in [2.24, 2.45) is 0 Å². The van der Waals surface area contributed by atoms with Gasteiger partial charge in [0.1, 0.15) is 5.60 Å². The highest BCUT2D eigenvalue weighted by Crippen LogP contribution is 2.41. The number of rotatable bonds is 2. The van der Waals surface area contributed by atoms with Gasteiger partial charge in [-0.1, -0.05) is 0 Å². The van der Waals surface area contributed by atoms with E-state index < -0.39 is 5.60 Å². The van der Waals surface area contributed by atoms with Crippen LogP contribution >= 0.6 is 0 Å². The molecule has 2 aliphatic heterocycles. The number of aryl methyl sites for hydroxylation is 2.